The minimum Gasteiger partial charge on any atom is -0.458 e. The van der Waals surface area contributed by atoms with E-state index >= 15 is 0 Å². The number of carbonyl (C=O) groups excluding carboxylic acids is 2. The molecule has 9 heteroatoms. The first-order chi connectivity index (χ1) is 10.9. The summed E-state index contributed by atoms with van der Waals surface area (Å²) < 4.78 is 30.0. The number of rotatable bonds is 10. The highest BCUT2D eigenvalue weighted by atomic mass is 31.2. The van der Waals surface area contributed by atoms with Crippen molar-refractivity contribution in [2.24, 2.45) is 5.73 Å². The van der Waals surface area contributed by atoms with Gasteiger partial charge in [-0.15, -0.1) is 0 Å². The van der Waals surface area contributed by atoms with E-state index in [0.717, 1.165) is 4.67 Å². The predicted molar refractivity (Wildman–Crippen MR) is 91.3 cm³/mol. The topological polar surface area (TPSA) is 108 Å². The first kappa shape index (κ1) is 23.1. The van der Waals surface area contributed by atoms with Crippen LogP contribution in [0.2, 0.25) is 0 Å². The second-order valence-corrected chi connectivity index (χ2v) is 8.71. The minimum absolute atomic E-state index is 0.0700. The molecule has 1 amide bonds. The summed E-state index contributed by atoms with van der Waals surface area (Å²) in [5.74, 6) is -0.708. The summed E-state index contributed by atoms with van der Waals surface area (Å²) in [5, 5.41) is 0. The number of ether oxygens (including phenoxy) is 1. The summed E-state index contributed by atoms with van der Waals surface area (Å²) in [5.41, 5.74) is 4.78. The molecule has 0 saturated heterocycles. The predicted octanol–water partition coefficient (Wildman–Crippen LogP) is 2.46. The van der Waals surface area contributed by atoms with Crippen LogP contribution in [0.15, 0.2) is 0 Å². The molecule has 24 heavy (non-hydrogen) atoms. The van der Waals surface area contributed by atoms with Crippen molar-refractivity contribution in [2.75, 3.05) is 6.54 Å². The average Bonchev–Trinajstić information content (AvgIpc) is 2.33. The third-order valence-electron chi connectivity index (χ3n) is 2.52. The van der Waals surface area contributed by atoms with Crippen molar-refractivity contribution >= 4 is 20.1 Å². The van der Waals surface area contributed by atoms with Crippen LogP contribution in [0.4, 0.5) is 0 Å². The molecule has 2 N–H and O–H groups in total. The van der Waals surface area contributed by atoms with E-state index in [1.54, 1.807) is 48.5 Å². The van der Waals surface area contributed by atoms with E-state index in [1.807, 2.05) is 0 Å². The van der Waals surface area contributed by atoms with E-state index in [9.17, 15) is 14.2 Å². The first-order valence-electron chi connectivity index (χ1n) is 8.00. The summed E-state index contributed by atoms with van der Waals surface area (Å²) >= 11 is 0. The van der Waals surface area contributed by atoms with Gasteiger partial charge in [-0.1, -0.05) is 0 Å². The summed E-state index contributed by atoms with van der Waals surface area (Å²) in [6.07, 6.45) is -0.598. The third-order valence-corrected chi connectivity index (χ3v) is 4.83. The molecule has 1 unspecified atom stereocenters. The highest BCUT2D eigenvalue weighted by Gasteiger charge is 2.43. The van der Waals surface area contributed by atoms with Crippen molar-refractivity contribution in [3.05, 3.63) is 0 Å². The number of nitrogens with zero attached hydrogens (tertiary/aromatic N) is 1. The van der Waals surface area contributed by atoms with Gasteiger partial charge in [0.1, 0.15) is 11.6 Å². The van der Waals surface area contributed by atoms with Crippen LogP contribution in [0.25, 0.3) is 0 Å². The molecule has 0 bridgehead atoms. The fourth-order valence-electron chi connectivity index (χ4n) is 1.85. The lowest BCUT2D eigenvalue weighted by Gasteiger charge is -2.35. The van der Waals surface area contributed by atoms with E-state index in [-0.39, 0.29) is 19.4 Å². The van der Waals surface area contributed by atoms with Crippen LogP contribution in [-0.4, -0.2) is 47.4 Å². The molecule has 0 spiro atoms. The molecule has 0 aliphatic heterocycles. The standard InChI is InChI=1S/C15H31N2O6P/c1-11(2)22-24(20,23-12(3)4)17(10-18)13(8-9-16)14(19)21-15(5,6)7/h10-13H,8-9,16H2,1-7H3. The molecular weight excluding hydrogens is 335 g/mol. The van der Waals surface area contributed by atoms with Gasteiger partial charge < -0.3 is 10.5 Å². The van der Waals surface area contributed by atoms with E-state index in [2.05, 4.69) is 0 Å². The Kier molecular flexibility index (Phi) is 9.14. The third kappa shape index (κ3) is 7.75. The molecule has 0 saturated carbocycles. The second-order valence-electron chi connectivity index (χ2n) is 6.89. The molecule has 0 aromatic carbocycles. The normalized spacial score (nSPS) is 13.9. The monoisotopic (exact) mass is 366 g/mol. The zero-order valence-electron chi connectivity index (χ0n) is 15.6. The van der Waals surface area contributed by atoms with Gasteiger partial charge in [0.2, 0.25) is 6.41 Å². The number of carbonyl (C=O) groups is 2. The lowest BCUT2D eigenvalue weighted by molar-refractivity contribution is -0.161. The molecular formula is C15H31N2O6P. The van der Waals surface area contributed by atoms with Gasteiger partial charge in [0, 0.05) is 0 Å². The van der Waals surface area contributed by atoms with Gasteiger partial charge in [0.15, 0.2) is 0 Å². The number of nitrogens with two attached hydrogens (primary N) is 1. The molecule has 0 fully saturated rings. The van der Waals surface area contributed by atoms with Crippen molar-refractivity contribution < 1.29 is 27.9 Å². The van der Waals surface area contributed by atoms with Crippen LogP contribution in [0.1, 0.15) is 54.9 Å². The summed E-state index contributed by atoms with van der Waals surface area (Å²) in [4.78, 5) is 24.1. The minimum atomic E-state index is -4.04. The van der Waals surface area contributed by atoms with Crippen LogP contribution in [0.3, 0.4) is 0 Å². The lowest BCUT2D eigenvalue weighted by Crippen LogP contribution is -2.44. The largest absolute Gasteiger partial charge is 0.458 e. The van der Waals surface area contributed by atoms with E-state index in [1.165, 1.54) is 0 Å². The van der Waals surface area contributed by atoms with Crippen LogP contribution in [-0.2, 0) is 27.9 Å². The summed E-state index contributed by atoms with van der Waals surface area (Å²) in [6, 6.07) is -1.16. The maximum Gasteiger partial charge on any atom is 0.438 e. The van der Waals surface area contributed by atoms with Crippen molar-refractivity contribution in [1.29, 1.82) is 0 Å². The number of hydrogen-bond acceptors (Lipinski definition) is 7. The Hall–Kier alpha value is -0.950. The number of hydrogen-bond donors (Lipinski definition) is 1. The molecule has 1 atom stereocenters. The maximum atomic E-state index is 13.2. The van der Waals surface area contributed by atoms with Gasteiger partial charge in [-0.05, 0) is 61.4 Å². The maximum absolute atomic E-state index is 13.2. The van der Waals surface area contributed by atoms with Crippen LogP contribution in [0.5, 0.6) is 0 Å². The quantitative estimate of drug-likeness (QED) is 0.359. The fourth-order valence-corrected chi connectivity index (χ4v) is 3.85. The van der Waals surface area contributed by atoms with Gasteiger partial charge in [0.05, 0.1) is 12.2 Å². The molecule has 0 aliphatic rings. The Morgan fingerprint density at radius 2 is 1.62 bits per heavy atom. The Morgan fingerprint density at radius 1 is 1.17 bits per heavy atom. The number of esters is 1. The molecule has 0 aliphatic carbocycles. The molecule has 0 aromatic heterocycles. The SMILES string of the molecule is CC(C)OP(=O)(OC(C)C)N(C=O)C(CCN)C(=O)OC(C)(C)C. The van der Waals surface area contributed by atoms with E-state index in [4.69, 9.17) is 19.5 Å². The molecule has 142 valence electrons. The smallest absolute Gasteiger partial charge is 0.438 e. The van der Waals surface area contributed by atoms with Gasteiger partial charge in [-0.2, -0.15) is 0 Å². The van der Waals surface area contributed by atoms with Crippen molar-refractivity contribution in [1.82, 2.24) is 4.67 Å². The average molecular weight is 366 g/mol. The molecule has 8 nitrogen and oxygen atoms in total. The van der Waals surface area contributed by atoms with Crippen molar-refractivity contribution in [3.8, 4) is 0 Å². The summed E-state index contributed by atoms with van der Waals surface area (Å²) in [7, 11) is -4.04. The highest BCUT2D eigenvalue weighted by Crippen LogP contribution is 2.54. The van der Waals surface area contributed by atoms with Crippen molar-refractivity contribution in [2.45, 2.75) is 78.7 Å². The summed E-state index contributed by atoms with van der Waals surface area (Å²) in [6.45, 7) is 11.8. The Balaban J connectivity index is 5.74. The van der Waals surface area contributed by atoms with Gasteiger partial charge in [-0.3, -0.25) is 13.8 Å². The lowest BCUT2D eigenvalue weighted by atomic mass is 10.1. The fraction of sp³-hybridized carbons (Fsp3) is 0.867. The van der Waals surface area contributed by atoms with Gasteiger partial charge in [0.25, 0.3) is 0 Å². The Labute approximate surface area is 144 Å². The highest BCUT2D eigenvalue weighted by molar-refractivity contribution is 7.52. The first-order valence-corrected chi connectivity index (χ1v) is 9.49. The zero-order valence-corrected chi connectivity index (χ0v) is 16.5. The molecule has 0 aromatic rings. The molecule has 0 radical (unpaired) electrons. The van der Waals surface area contributed by atoms with Gasteiger partial charge >= 0.3 is 13.7 Å². The molecule has 0 rings (SSSR count). The molecule has 0 heterocycles. The van der Waals surface area contributed by atoms with E-state index in [0.29, 0.717) is 0 Å². The van der Waals surface area contributed by atoms with Crippen LogP contribution >= 0.6 is 7.75 Å². The van der Waals surface area contributed by atoms with Crippen LogP contribution in [0, 0.1) is 0 Å². The Bertz CT molecular complexity index is 447. The van der Waals surface area contributed by atoms with Crippen molar-refractivity contribution in [3.63, 3.8) is 0 Å². The van der Waals surface area contributed by atoms with Gasteiger partial charge in [-0.25, -0.2) is 14.0 Å². The zero-order chi connectivity index (χ0) is 19.1. The van der Waals surface area contributed by atoms with Crippen LogP contribution < -0.4 is 5.73 Å². The Morgan fingerprint density at radius 3 is 1.92 bits per heavy atom. The van der Waals surface area contributed by atoms with E-state index < -0.39 is 37.6 Å². The number of amides is 1. The second kappa shape index (κ2) is 9.51.